The Kier molecular flexibility index (Phi) is 4.53. The number of benzene rings is 1. The normalized spacial score (nSPS) is 10.6. The van der Waals surface area contributed by atoms with E-state index in [0.717, 1.165) is 22.6 Å². The van der Waals surface area contributed by atoms with Crippen LogP contribution in [0.4, 0.5) is 0 Å². The molecule has 0 spiro atoms. The van der Waals surface area contributed by atoms with Crippen molar-refractivity contribution in [2.45, 2.75) is 20.4 Å². The highest BCUT2D eigenvalue weighted by molar-refractivity contribution is 5.77. The van der Waals surface area contributed by atoms with Crippen LogP contribution >= 0.6 is 0 Å². The van der Waals surface area contributed by atoms with Crippen LogP contribution in [-0.4, -0.2) is 29.3 Å². The third-order valence-electron chi connectivity index (χ3n) is 3.24. The molecule has 0 saturated carbocycles. The van der Waals surface area contributed by atoms with E-state index in [4.69, 9.17) is 0 Å². The number of amides is 1. The van der Waals surface area contributed by atoms with E-state index in [1.54, 1.807) is 7.05 Å². The van der Waals surface area contributed by atoms with Crippen LogP contribution in [0.3, 0.4) is 0 Å². The lowest BCUT2D eigenvalue weighted by atomic mass is 10.2. The van der Waals surface area contributed by atoms with Crippen molar-refractivity contribution < 1.29 is 4.79 Å². The molecule has 20 heavy (non-hydrogen) atoms. The van der Waals surface area contributed by atoms with Gasteiger partial charge in [-0.05, 0) is 33.0 Å². The molecular weight excluding hydrogens is 252 g/mol. The maximum Gasteiger partial charge on any atom is 0.234 e. The van der Waals surface area contributed by atoms with E-state index < -0.39 is 0 Å². The average molecular weight is 272 g/mol. The molecular formula is C15H20N4O. The first-order valence-corrected chi connectivity index (χ1v) is 6.65. The Bertz CT molecular complexity index is 589. The molecule has 0 radical (unpaired) electrons. The van der Waals surface area contributed by atoms with Crippen molar-refractivity contribution in [3.8, 4) is 5.69 Å². The fourth-order valence-corrected chi connectivity index (χ4v) is 2.16. The van der Waals surface area contributed by atoms with Crippen LogP contribution in [-0.2, 0) is 11.3 Å². The minimum Gasteiger partial charge on any atom is -0.351 e. The van der Waals surface area contributed by atoms with Crippen LogP contribution in [0.1, 0.15) is 17.0 Å². The first-order chi connectivity index (χ1) is 9.63. The third kappa shape index (κ3) is 3.05. The number of aromatic nitrogens is 2. The molecule has 106 valence electrons. The van der Waals surface area contributed by atoms with Crippen LogP contribution in [0, 0.1) is 13.8 Å². The zero-order valence-electron chi connectivity index (χ0n) is 12.1. The number of nitrogens with zero attached hydrogens (tertiary/aromatic N) is 2. The second kappa shape index (κ2) is 6.34. The van der Waals surface area contributed by atoms with Crippen molar-refractivity contribution in [2.24, 2.45) is 0 Å². The van der Waals surface area contributed by atoms with Crippen LogP contribution < -0.4 is 10.6 Å². The van der Waals surface area contributed by atoms with E-state index in [-0.39, 0.29) is 5.91 Å². The zero-order valence-corrected chi connectivity index (χ0v) is 12.1. The van der Waals surface area contributed by atoms with Gasteiger partial charge in [0.2, 0.25) is 5.91 Å². The standard InChI is InChI=1S/C15H20N4O/c1-11-14(9-17-15(20)10-16-3)12(2)19(18-11)13-7-5-4-6-8-13/h4-8,16H,9-10H2,1-3H3,(H,17,20). The van der Waals surface area contributed by atoms with Crippen LogP contribution in [0.25, 0.3) is 5.69 Å². The molecule has 2 N–H and O–H groups in total. The minimum atomic E-state index is -0.0150. The highest BCUT2D eigenvalue weighted by Crippen LogP contribution is 2.17. The number of carbonyl (C=O) groups is 1. The molecule has 1 aromatic carbocycles. The number of likely N-dealkylation sites (N-methyl/N-ethyl adjacent to an activating group) is 1. The van der Waals surface area contributed by atoms with Gasteiger partial charge in [0, 0.05) is 17.8 Å². The summed E-state index contributed by atoms with van der Waals surface area (Å²) < 4.78 is 1.91. The summed E-state index contributed by atoms with van der Waals surface area (Å²) in [7, 11) is 1.75. The Morgan fingerprint density at radius 2 is 1.95 bits per heavy atom. The molecule has 5 heteroatoms. The molecule has 0 fully saturated rings. The Labute approximate surface area is 119 Å². The molecule has 1 heterocycles. The first-order valence-electron chi connectivity index (χ1n) is 6.65. The average Bonchev–Trinajstić information content (AvgIpc) is 2.73. The molecule has 0 bridgehead atoms. The molecule has 0 atom stereocenters. The number of hydrogen-bond acceptors (Lipinski definition) is 3. The van der Waals surface area contributed by atoms with Crippen molar-refractivity contribution >= 4 is 5.91 Å². The largest absolute Gasteiger partial charge is 0.351 e. The molecule has 0 aliphatic rings. The number of carbonyl (C=O) groups excluding carboxylic acids is 1. The van der Waals surface area contributed by atoms with Crippen molar-refractivity contribution in [1.82, 2.24) is 20.4 Å². The molecule has 0 saturated heterocycles. The molecule has 2 aromatic rings. The summed E-state index contributed by atoms with van der Waals surface area (Å²) in [5.41, 5.74) is 4.09. The molecule has 0 aliphatic heterocycles. The molecule has 1 aromatic heterocycles. The maximum absolute atomic E-state index is 11.5. The Balaban J connectivity index is 2.19. The molecule has 1 amide bonds. The van der Waals surface area contributed by atoms with E-state index in [1.807, 2.05) is 48.9 Å². The van der Waals surface area contributed by atoms with Gasteiger partial charge in [0.1, 0.15) is 0 Å². The lowest BCUT2D eigenvalue weighted by molar-refractivity contribution is -0.120. The summed E-state index contributed by atoms with van der Waals surface area (Å²) in [6.45, 7) is 4.81. The highest BCUT2D eigenvalue weighted by Gasteiger charge is 2.13. The Morgan fingerprint density at radius 3 is 2.60 bits per heavy atom. The monoisotopic (exact) mass is 272 g/mol. The first kappa shape index (κ1) is 14.3. The quantitative estimate of drug-likeness (QED) is 0.863. The number of para-hydroxylation sites is 1. The summed E-state index contributed by atoms with van der Waals surface area (Å²) in [6.07, 6.45) is 0. The van der Waals surface area contributed by atoms with E-state index in [9.17, 15) is 4.79 Å². The van der Waals surface area contributed by atoms with Crippen LogP contribution in [0.15, 0.2) is 30.3 Å². The smallest absolute Gasteiger partial charge is 0.234 e. The van der Waals surface area contributed by atoms with Gasteiger partial charge in [-0.2, -0.15) is 5.10 Å². The predicted octanol–water partition coefficient (Wildman–Crippen LogP) is 1.32. The number of aryl methyl sites for hydroxylation is 1. The van der Waals surface area contributed by atoms with E-state index >= 15 is 0 Å². The fraction of sp³-hybridized carbons (Fsp3) is 0.333. The second-order valence-electron chi connectivity index (χ2n) is 4.70. The molecule has 2 rings (SSSR count). The van der Waals surface area contributed by atoms with E-state index in [1.165, 1.54) is 0 Å². The third-order valence-corrected chi connectivity index (χ3v) is 3.24. The topological polar surface area (TPSA) is 59.0 Å². The summed E-state index contributed by atoms with van der Waals surface area (Å²) in [5, 5.41) is 10.3. The van der Waals surface area contributed by atoms with Gasteiger partial charge in [-0.1, -0.05) is 18.2 Å². The van der Waals surface area contributed by atoms with Gasteiger partial charge in [0.25, 0.3) is 0 Å². The van der Waals surface area contributed by atoms with Crippen LogP contribution in [0.2, 0.25) is 0 Å². The molecule has 5 nitrogen and oxygen atoms in total. The maximum atomic E-state index is 11.5. The Morgan fingerprint density at radius 1 is 1.25 bits per heavy atom. The van der Waals surface area contributed by atoms with Crippen molar-refractivity contribution in [3.05, 3.63) is 47.3 Å². The van der Waals surface area contributed by atoms with E-state index in [2.05, 4.69) is 15.7 Å². The summed E-state index contributed by atoms with van der Waals surface area (Å²) in [6, 6.07) is 9.99. The van der Waals surface area contributed by atoms with Gasteiger partial charge in [0.05, 0.1) is 17.9 Å². The van der Waals surface area contributed by atoms with Gasteiger partial charge in [-0.25, -0.2) is 4.68 Å². The molecule has 0 aliphatic carbocycles. The van der Waals surface area contributed by atoms with Crippen molar-refractivity contribution in [1.29, 1.82) is 0 Å². The number of hydrogen-bond donors (Lipinski definition) is 2. The zero-order chi connectivity index (χ0) is 14.5. The fourth-order valence-electron chi connectivity index (χ4n) is 2.16. The van der Waals surface area contributed by atoms with Gasteiger partial charge in [-0.15, -0.1) is 0 Å². The van der Waals surface area contributed by atoms with Gasteiger partial charge in [0.15, 0.2) is 0 Å². The van der Waals surface area contributed by atoms with Crippen molar-refractivity contribution in [3.63, 3.8) is 0 Å². The second-order valence-corrected chi connectivity index (χ2v) is 4.70. The Hall–Kier alpha value is -2.14. The summed E-state index contributed by atoms with van der Waals surface area (Å²) in [4.78, 5) is 11.5. The number of rotatable bonds is 5. The van der Waals surface area contributed by atoms with Gasteiger partial charge < -0.3 is 10.6 Å². The molecule has 0 unspecified atom stereocenters. The van der Waals surface area contributed by atoms with Crippen molar-refractivity contribution in [2.75, 3.05) is 13.6 Å². The van der Waals surface area contributed by atoms with Gasteiger partial charge >= 0.3 is 0 Å². The summed E-state index contributed by atoms with van der Waals surface area (Å²) >= 11 is 0. The predicted molar refractivity (Wildman–Crippen MR) is 78.8 cm³/mol. The highest BCUT2D eigenvalue weighted by atomic mass is 16.1. The number of nitrogens with one attached hydrogen (secondary N) is 2. The van der Waals surface area contributed by atoms with E-state index in [0.29, 0.717) is 13.1 Å². The van der Waals surface area contributed by atoms with Crippen LogP contribution in [0.5, 0.6) is 0 Å². The van der Waals surface area contributed by atoms with Gasteiger partial charge in [-0.3, -0.25) is 4.79 Å². The SMILES string of the molecule is CNCC(=O)NCc1c(C)nn(-c2ccccc2)c1C. The lowest BCUT2D eigenvalue weighted by Crippen LogP contribution is -2.31. The summed E-state index contributed by atoms with van der Waals surface area (Å²) in [5.74, 6) is -0.0150. The minimum absolute atomic E-state index is 0.0150. The lowest BCUT2D eigenvalue weighted by Gasteiger charge is -2.07.